The topological polar surface area (TPSA) is 79.2 Å². The summed E-state index contributed by atoms with van der Waals surface area (Å²) in [4.78, 5) is 27.3. The second-order valence-corrected chi connectivity index (χ2v) is 8.37. The van der Waals surface area contributed by atoms with E-state index in [2.05, 4.69) is 11.4 Å². The minimum Gasteiger partial charge on any atom is -0.467 e. The van der Waals surface area contributed by atoms with Gasteiger partial charge in [0.15, 0.2) is 0 Å². The Balaban J connectivity index is 1.86. The number of nitrogens with zero attached hydrogens (tertiary/aromatic N) is 1. The zero-order valence-corrected chi connectivity index (χ0v) is 19.9. The molecule has 0 spiro atoms. The third-order valence-electron chi connectivity index (χ3n) is 6.31. The van der Waals surface area contributed by atoms with Gasteiger partial charge < -0.3 is 10.1 Å². The van der Waals surface area contributed by atoms with Gasteiger partial charge in [-0.05, 0) is 28.3 Å². The molecule has 1 atom stereocenters. The highest BCUT2D eigenvalue weighted by Crippen LogP contribution is 2.39. The standard InChI is InChI=1S/C31H26N2O3/c1-36-29(34)28(21-23-13-11-12-14-24(23)22-32)33-30(35)31(25-15-5-2-6-16-25,26-17-7-3-8-18-26)27-19-9-4-10-20-27/h2-20,28H,21H2,1H3,(H,33,35)/t28-/m1/s1. The number of methoxy groups -OCH3 is 1. The van der Waals surface area contributed by atoms with Crippen LogP contribution in [-0.2, 0) is 26.2 Å². The van der Waals surface area contributed by atoms with E-state index in [-0.39, 0.29) is 12.3 Å². The minimum atomic E-state index is -1.23. The Morgan fingerprint density at radius 2 is 1.22 bits per heavy atom. The van der Waals surface area contributed by atoms with Crippen LogP contribution in [0.15, 0.2) is 115 Å². The van der Waals surface area contributed by atoms with Crippen LogP contribution in [-0.4, -0.2) is 25.0 Å². The average molecular weight is 475 g/mol. The predicted molar refractivity (Wildman–Crippen MR) is 138 cm³/mol. The summed E-state index contributed by atoms with van der Waals surface area (Å²) in [7, 11) is 1.29. The highest BCUT2D eigenvalue weighted by Gasteiger charge is 2.45. The number of esters is 1. The number of benzene rings is 4. The first-order chi connectivity index (χ1) is 17.6. The normalized spacial score (nSPS) is 11.7. The van der Waals surface area contributed by atoms with Gasteiger partial charge in [0.25, 0.3) is 0 Å². The fourth-order valence-electron chi connectivity index (χ4n) is 4.59. The van der Waals surface area contributed by atoms with Crippen molar-refractivity contribution in [3.8, 4) is 6.07 Å². The smallest absolute Gasteiger partial charge is 0.328 e. The van der Waals surface area contributed by atoms with Gasteiger partial charge in [-0.3, -0.25) is 4.79 Å². The molecule has 178 valence electrons. The van der Waals surface area contributed by atoms with Crippen LogP contribution in [0.4, 0.5) is 0 Å². The first-order valence-corrected chi connectivity index (χ1v) is 11.6. The van der Waals surface area contributed by atoms with Crippen molar-refractivity contribution >= 4 is 11.9 Å². The SMILES string of the molecule is COC(=O)[C@@H](Cc1ccccc1C#N)NC(=O)C(c1ccccc1)(c1ccccc1)c1ccccc1. The lowest BCUT2D eigenvalue weighted by Gasteiger charge is -2.35. The molecule has 0 aliphatic carbocycles. The molecule has 5 heteroatoms. The summed E-state index contributed by atoms with van der Waals surface area (Å²) in [6, 6.07) is 36.7. The molecule has 0 saturated carbocycles. The van der Waals surface area contributed by atoms with Gasteiger partial charge in [-0.2, -0.15) is 5.26 Å². The summed E-state index contributed by atoms with van der Waals surface area (Å²) < 4.78 is 5.05. The fraction of sp³-hybridized carbons (Fsp3) is 0.129. The van der Waals surface area contributed by atoms with Crippen LogP contribution in [0.1, 0.15) is 27.8 Å². The lowest BCUT2D eigenvalue weighted by atomic mass is 9.68. The Labute approximate surface area is 211 Å². The molecule has 0 unspecified atom stereocenters. The molecule has 4 aromatic rings. The monoisotopic (exact) mass is 474 g/mol. The predicted octanol–water partition coefficient (Wildman–Crippen LogP) is 4.79. The molecule has 4 rings (SSSR count). The maximum atomic E-state index is 14.5. The molecule has 4 aromatic carbocycles. The van der Waals surface area contributed by atoms with Gasteiger partial charge in [-0.25, -0.2) is 4.79 Å². The third kappa shape index (κ3) is 4.75. The molecule has 5 nitrogen and oxygen atoms in total. The lowest BCUT2D eigenvalue weighted by Crippen LogP contribution is -2.52. The van der Waals surface area contributed by atoms with Crippen molar-refractivity contribution in [2.45, 2.75) is 17.9 Å². The van der Waals surface area contributed by atoms with E-state index in [9.17, 15) is 14.9 Å². The summed E-state index contributed by atoms with van der Waals surface area (Å²) in [6.45, 7) is 0. The van der Waals surface area contributed by atoms with Crippen LogP contribution in [0.5, 0.6) is 0 Å². The van der Waals surface area contributed by atoms with Gasteiger partial charge >= 0.3 is 5.97 Å². The molecule has 0 aromatic heterocycles. The van der Waals surface area contributed by atoms with Gasteiger partial charge in [0.05, 0.1) is 18.7 Å². The van der Waals surface area contributed by atoms with Gasteiger partial charge in [0, 0.05) is 6.42 Å². The summed E-state index contributed by atoms with van der Waals surface area (Å²) in [6.07, 6.45) is 0.122. The number of amides is 1. The number of hydrogen-bond acceptors (Lipinski definition) is 4. The van der Waals surface area contributed by atoms with E-state index in [1.54, 1.807) is 24.3 Å². The van der Waals surface area contributed by atoms with Crippen molar-refractivity contribution in [3.05, 3.63) is 143 Å². The van der Waals surface area contributed by atoms with Gasteiger partial charge in [0.2, 0.25) is 5.91 Å². The van der Waals surface area contributed by atoms with E-state index in [1.165, 1.54) is 7.11 Å². The third-order valence-corrected chi connectivity index (χ3v) is 6.31. The summed E-state index contributed by atoms with van der Waals surface area (Å²) >= 11 is 0. The Bertz CT molecular complexity index is 1270. The summed E-state index contributed by atoms with van der Waals surface area (Å²) in [5.74, 6) is -0.949. The van der Waals surface area contributed by atoms with Crippen molar-refractivity contribution < 1.29 is 14.3 Å². The van der Waals surface area contributed by atoms with E-state index in [0.29, 0.717) is 11.1 Å². The second kappa shape index (κ2) is 11.2. The van der Waals surface area contributed by atoms with Crippen molar-refractivity contribution in [1.29, 1.82) is 5.26 Å². The number of rotatable bonds is 8. The molecule has 0 aliphatic heterocycles. The van der Waals surface area contributed by atoms with Crippen LogP contribution in [0.25, 0.3) is 0 Å². The van der Waals surface area contributed by atoms with Crippen LogP contribution >= 0.6 is 0 Å². The fourth-order valence-corrected chi connectivity index (χ4v) is 4.59. The van der Waals surface area contributed by atoms with Crippen LogP contribution < -0.4 is 5.32 Å². The van der Waals surface area contributed by atoms with E-state index in [0.717, 1.165) is 16.7 Å². The van der Waals surface area contributed by atoms with Crippen molar-refractivity contribution in [2.75, 3.05) is 7.11 Å². The number of nitrogens with one attached hydrogen (secondary N) is 1. The van der Waals surface area contributed by atoms with E-state index >= 15 is 0 Å². The Kier molecular flexibility index (Phi) is 7.57. The molecule has 0 radical (unpaired) electrons. The molecule has 1 amide bonds. The van der Waals surface area contributed by atoms with Crippen LogP contribution in [0.3, 0.4) is 0 Å². The molecular weight excluding hydrogens is 448 g/mol. The number of carbonyl (C=O) groups is 2. The largest absolute Gasteiger partial charge is 0.467 e. The van der Waals surface area contributed by atoms with E-state index < -0.39 is 17.4 Å². The quantitative estimate of drug-likeness (QED) is 0.294. The van der Waals surface area contributed by atoms with Gasteiger partial charge in [-0.1, -0.05) is 109 Å². The minimum absolute atomic E-state index is 0.122. The number of ether oxygens (including phenoxy) is 1. The van der Waals surface area contributed by atoms with E-state index in [4.69, 9.17) is 4.74 Å². The summed E-state index contributed by atoms with van der Waals surface area (Å²) in [5.41, 5.74) is 2.16. The molecule has 0 saturated heterocycles. The highest BCUT2D eigenvalue weighted by atomic mass is 16.5. The molecule has 0 bridgehead atoms. The van der Waals surface area contributed by atoms with Crippen LogP contribution in [0.2, 0.25) is 0 Å². The molecule has 36 heavy (non-hydrogen) atoms. The average Bonchev–Trinajstić information content (AvgIpc) is 2.94. The van der Waals surface area contributed by atoms with Crippen molar-refractivity contribution in [2.24, 2.45) is 0 Å². The number of carbonyl (C=O) groups excluding carboxylic acids is 2. The summed E-state index contributed by atoms with van der Waals surface area (Å²) in [5, 5.41) is 12.5. The maximum absolute atomic E-state index is 14.5. The van der Waals surface area contributed by atoms with Crippen molar-refractivity contribution in [3.63, 3.8) is 0 Å². The lowest BCUT2D eigenvalue weighted by molar-refractivity contribution is -0.145. The molecular formula is C31H26N2O3. The second-order valence-electron chi connectivity index (χ2n) is 8.37. The van der Waals surface area contributed by atoms with Crippen LogP contribution in [0, 0.1) is 11.3 Å². The Morgan fingerprint density at radius 3 is 1.67 bits per heavy atom. The Morgan fingerprint density at radius 1 is 0.778 bits per heavy atom. The van der Waals surface area contributed by atoms with E-state index in [1.807, 2.05) is 91.0 Å². The zero-order chi connectivity index (χ0) is 25.4. The molecule has 0 aliphatic rings. The Hall–Kier alpha value is -4.69. The first-order valence-electron chi connectivity index (χ1n) is 11.6. The van der Waals surface area contributed by atoms with Gasteiger partial charge in [-0.15, -0.1) is 0 Å². The molecule has 1 N–H and O–H groups in total. The highest BCUT2D eigenvalue weighted by molar-refractivity contribution is 5.98. The number of hydrogen-bond donors (Lipinski definition) is 1. The molecule has 0 heterocycles. The first kappa shape index (κ1) is 24.4. The number of nitriles is 1. The molecule has 0 fully saturated rings. The van der Waals surface area contributed by atoms with Gasteiger partial charge in [0.1, 0.15) is 11.5 Å². The maximum Gasteiger partial charge on any atom is 0.328 e. The van der Waals surface area contributed by atoms with Crippen molar-refractivity contribution in [1.82, 2.24) is 5.32 Å². The zero-order valence-electron chi connectivity index (χ0n) is 19.9.